The summed E-state index contributed by atoms with van der Waals surface area (Å²) in [5.41, 5.74) is 2.80. The summed E-state index contributed by atoms with van der Waals surface area (Å²) in [5.74, 6) is 0.286. The number of aryl methyl sites for hydroxylation is 1. The molecule has 0 bridgehead atoms. The van der Waals surface area contributed by atoms with E-state index in [2.05, 4.69) is 6.58 Å². The number of carbonyl (C=O) groups excluding carboxylic acids is 1. The number of rotatable bonds is 5. The number of hydrogen-bond acceptors (Lipinski definition) is 4. The Balaban J connectivity index is 1.76. The molecular weight excluding hydrogens is 438 g/mol. The highest BCUT2D eigenvalue weighted by molar-refractivity contribution is 6.31. The zero-order valence-electron chi connectivity index (χ0n) is 17.9. The molecule has 1 aliphatic rings. The molecule has 164 valence electrons. The number of fused-ring (bicyclic) bond motifs is 2. The van der Waals surface area contributed by atoms with Crippen LogP contribution in [0.25, 0.3) is 11.0 Å². The van der Waals surface area contributed by atoms with Gasteiger partial charge < -0.3 is 9.15 Å². The monoisotopic (exact) mass is 457 g/mol. The van der Waals surface area contributed by atoms with Gasteiger partial charge in [0.15, 0.2) is 5.43 Å². The molecule has 33 heavy (non-hydrogen) atoms. The molecule has 2 heterocycles. The van der Waals surface area contributed by atoms with Crippen molar-refractivity contribution in [1.29, 1.82) is 0 Å². The van der Waals surface area contributed by atoms with Crippen LogP contribution < -0.4 is 15.1 Å². The lowest BCUT2D eigenvalue weighted by atomic mass is 9.98. The molecule has 0 aliphatic carbocycles. The number of hydrogen-bond donors (Lipinski definition) is 0. The molecule has 0 spiro atoms. The maximum atomic E-state index is 13.6. The van der Waals surface area contributed by atoms with Gasteiger partial charge in [-0.1, -0.05) is 54.1 Å². The highest BCUT2D eigenvalue weighted by Crippen LogP contribution is 2.42. The minimum atomic E-state index is -0.679. The number of anilines is 1. The molecule has 6 heteroatoms. The van der Waals surface area contributed by atoms with Gasteiger partial charge in [-0.15, -0.1) is 0 Å². The molecule has 0 N–H and O–H groups in total. The van der Waals surface area contributed by atoms with Gasteiger partial charge in [0.25, 0.3) is 5.91 Å². The smallest absolute Gasteiger partial charge is 0.295 e. The van der Waals surface area contributed by atoms with Crippen molar-refractivity contribution in [2.45, 2.75) is 13.0 Å². The number of carbonyl (C=O) groups is 1. The molecule has 1 atom stereocenters. The van der Waals surface area contributed by atoms with Crippen LogP contribution in [0.1, 0.15) is 33.3 Å². The number of amides is 1. The SMILES string of the molecule is C=CCOc1cccc(C2c3c(oc4ccc(Cl)cc4c3=O)C(=O)N2c2ccc(C)cc2)c1. The van der Waals surface area contributed by atoms with Crippen molar-refractivity contribution >= 4 is 34.2 Å². The van der Waals surface area contributed by atoms with E-state index in [1.807, 2.05) is 55.5 Å². The summed E-state index contributed by atoms with van der Waals surface area (Å²) >= 11 is 6.15. The van der Waals surface area contributed by atoms with Crippen LogP contribution in [0, 0.1) is 6.92 Å². The van der Waals surface area contributed by atoms with E-state index in [-0.39, 0.29) is 22.7 Å². The first-order valence-corrected chi connectivity index (χ1v) is 10.9. The topological polar surface area (TPSA) is 59.8 Å². The van der Waals surface area contributed by atoms with Crippen LogP contribution in [-0.2, 0) is 0 Å². The molecule has 1 aliphatic heterocycles. The van der Waals surface area contributed by atoms with E-state index in [4.69, 9.17) is 20.8 Å². The maximum absolute atomic E-state index is 13.6. The third-order valence-electron chi connectivity index (χ3n) is 5.69. The van der Waals surface area contributed by atoms with Crippen LogP contribution in [0.5, 0.6) is 5.75 Å². The van der Waals surface area contributed by atoms with Crippen molar-refractivity contribution in [2.24, 2.45) is 0 Å². The lowest BCUT2D eigenvalue weighted by molar-refractivity contribution is 0.0971. The molecule has 1 amide bonds. The number of benzene rings is 3. The van der Waals surface area contributed by atoms with E-state index in [0.717, 1.165) is 11.1 Å². The second kappa shape index (κ2) is 8.26. The van der Waals surface area contributed by atoms with Crippen molar-refractivity contribution in [2.75, 3.05) is 11.5 Å². The van der Waals surface area contributed by atoms with Gasteiger partial charge in [-0.3, -0.25) is 14.5 Å². The molecule has 0 saturated heterocycles. The molecule has 4 aromatic rings. The quantitative estimate of drug-likeness (QED) is 0.341. The summed E-state index contributed by atoms with van der Waals surface area (Å²) in [6, 6.07) is 19.1. The molecule has 0 saturated carbocycles. The van der Waals surface area contributed by atoms with Crippen LogP contribution >= 0.6 is 11.6 Å². The fourth-order valence-corrected chi connectivity index (χ4v) is 4.33. The van der Waals surface area contributed by atoms with E-state index < -0.39 is 6.04 Å². The molecular formula is C27H20ClNO4. The Morgan fingerprint density at radius 3 is 2.64 bits per heavy atom. The number of halogens is 1. The molecule has 5 rings (SSSR count). The van der Waals surface area contributed by atoms with Crippen molar-refractivity contribution in [1.82, 2.24) is 0 Å². The summed E-state index contributed by atoms with van der Waals surface area (Å²) < 4.78 is 11.7. The van der Waals surface area contributed by atoms with E-state index >= 15 is 0 Å². The van der Waals surface area contributed by atoms with Crippen LogP contribution in [0.3, 0.4) is 0 Å². The minimum absolute atomic E-state index is 0.0396. The average Bonchev–Trinajstić information content (AvgIpc) is 3.11. The van der Waals surface area contributed by atoms with Gasteiger partial charge >= 0.3 is 0 Å². The summed E-state index contributed by atoms with van der Waals surface area (Å²) in [5, 5.41) is 0.759. The highest BCUT2D eigenvalue weighted by Gasteiger charge is 2.43. The van der Waals surface area contributed by atoms with Gasteiger partial charge in [0.2, 0.25) is 5.76 Å². The Kier molecular flexibility index (Phi) is 5.27. The Morgan fingerprint density at radius 1 is 1.09 bits per heavy atom. The highest BCUT2D eigenvalue weighted by atomic mass is 35.5. The van der Waals surface area contributed by atoms with E-state index in [0.29, 0.717) is 34.0 Å². The largest absolute Gasteiger partial charge is 0.490 e. The van der Waals surface area contributed by atoms with Gasteiger partial charge in [-0.2, -0.15) is 0 Å². The van der Waals surface area contributed by atoms with Crippen molar-refractivity contribution in [3.8, 4) is 5.75 Å². The van der Waals surface area contributed by atoms with E-state index in [1.165, 1.54) is 0 Å². The summed E-state index contributed by atoms with van der Waals surface area (Å²) in [7, 11) is 0. The van der Waals surface area contributed by atoms with Crippen LogP contribution in [-0.4, -0.2) is 12.5 Å². The van der Waals surface area contributed by atoms with E-state index in [1.54, 1.807) is 29.2 Å². The van der Waals surface area contributed by atoms with Crippen molar-refractivity contribution in [3.63, 3.8) is 0 Å². The van der Waals surface area contributed by atoms with Gasteiger partial charge in [0.1, 0.15) is 17.9 Å². The summed E-state index contributed by atoms with van der Waals surface area (Å²) in [4.78, 5) is 28.9. The Bertz CT molecular complexity index is 1460. The molecule has 1 unspecified atom stereocenters. The van der Waals surface area contributed by atoms with Gasteiger partial charge in [-0.05, 0) is 55.0 Å². The van der Waals surface area contributed by atoms with Crippen LogP contribution in [0.15, 0.2) is 88.6 Å². The third kappa shape index (κ3) is 3.60. The lowest BCUT2D eigenvalue weighted by Gasteiger charge is -2.25. The number of nitrogens with zero attached hydrogens (tertiary/aromatic N) is 1. The van der Waals surface area contributed by atoms with E-state index in [9.17, 15) is 9.59 Å². The standard InChI is InChI=1S/C27H20ClNO4/c1-3-13-32-20-6-4-5-17(14-20)24-23-25(30)21-15-18(28)9-12-22(21)33-26(23)27(31)29(24)19-10-7-16(2)8-11-19/h3-12,14-15,24H,1,13H2,2H3. The number of ether oxygens (including phenoxy) is 1. The molecule has 1 aromatic heterocycles. The Labute approximate surface area is 195 Å². The summed E-state index contributed by atoms with van der Waals surface area (Å²) in [6.45, 7) is 6.00. The molecule has 3 aromatic carbocycles. The normalized spacial score (nSPS) is 15.0. The molecule has 0 radical (unpaired) electrons. The second-order valence-corrected chi connectivity index (χ2v) is 8.34. The Morgan fingerprint density at radius 2 is 1.88 bits per heavy atom. The van der Waals surface area contributed by atoms with Gasteiger partial charge in [-0.25, -0.2) is 0 Å². The van der Waals surface area contributed by atoms with Crippen LogP contribution in [0.2, 0.25) is 5.02 Å². The predicted octanol–water partition coefficient (Wildman–Crippen LogP) is 6.07. The zero-order chi connectivity index (χ0) is 23.1. The third-order valence-corrected chi connectivity index (χ3v) is 5.92. The molecule has 5 nitrogen and oxygen atoms in total. The Hall–Kier alpha value is -3.83. The van der Waals surface area contributed by atoms with Crippen LogP contribution in [0.4, 0.5) is 5.69 Å². The fourth-order valence-electron chi connectivity index (χ4n) is 4.16. The summed E-state index contributed by atoms with van der Waals surface area (Å²) in [6.07, 6.45) is 1.66. The second-order valence-electron chi connectivity index (χ2n) is 7.90. The molecule has 0 fully saturated rings. The van der Waals surface area contributed by atoms with Crippen molar-refractivity contribution < 1.29 is 13.9 Å². The lowest BCUT2D eigenvalue weighted by Crippen LogP contribution is -2.29. The first-order chi connectivity index (χ1) is 16.0. The zero-order valence-corrected chi connectivity index (χ0v) is 18.6. The van der Waals surface area contributed by atoms with Gasteiger partial charge in [0, 0.05) is 10.7 Å². The first-order valence-electron chi connectivity index (χ1n) is 10.5. The maximum Gasteiger partial charge on any atom is 0.295 e. The predicted molar refractivity (Wildman–Crippen MR) is 129 cm³/mol. The van der Waals surface area contributed by atoms with Crippen molar-refractivity contribution in [3.05, 3.63) is 117 Å². The first kappa shape index (κ1) is 21.0. The average molecular weight is 458 g/mol. The minimum Gasteiger partial charge on any atom is -0.490 e. The van der Waals surface area contributed by atoms with Gasteiger partial charge in [0.05, 0.1) is 17.0 Å². The fraction of sp³-hybridized carbons (Fsp3) is 0.111.